The minimum Gasteiger partial charge on any atom is -0.378 e. The van der Waals surface area contributed by atoms with E-state index in [4.69, 9.17) is 4.74 Å². The lowest BCUT2D eigenvalue weighted by Crippen LogP contribution is -2.26. The maximum atomic E-state index is 11.8. The van der Waals surface area contributed by atoms with Crippen molar-refractivity contribution >= 4 is 17.7 Å². The molecule has 1 aliphatic heterocycles. The highest BCUT2D eigenvalue weighted by Crippen LogP contribution is 2.15. The van der Waals surface area contributed by atoms with Gasteiger partial charge in [-0.2, -0.15) is 11.8 Å². The standard InChI is InChI=1S/C15H21NO2S/c1-19-11-13-5-2-4-12(8-13)10-16-15(17)9-14-6-3-7-18-14/h2,4-5,8,14H,3,6-7,9-11H2,1H3,(H,16,17)/t14-/m0/s1. The van der Waals surface area contributed by atoms with Crippen LogP contribution in [0.5, 0.6) is 0 Å². The van der Waals surface area contributed by atoms with Crippen LogP contribution in [0.4, 0.5) is 0 Å². The van der Waals surface area contributed by atoms with Crippen LogP contribution in [0.1, 0.15) is 30.4 Å². The Morgan fingerprint density at radius 2 is 2.32 bits per heavy atom. The van der Waals surface area contributed by atoms with Crippen molar-refractivity contribution in [2.45, 2.75) is 37.7 Å². The second-order valence-corrected chi connectivity index (χ2v) is 5.73. The summed E-state index contributed by atoms with van der Waals surface area (Å²) < 4.78 is 5.46. The first kappa shape index (κ1) is 14.4. The van der Waals surface area contributed by atoms with Gasteiger partial charge in [0.15, 0.2) is 0 Å². The molecule has 0 spiro atoms. The number of thioether (sulfide) groups is 1. The second-order valence-electron chi connectivity index (χ2n) is 4.87. The van der Waals surface area contributed by atoms with E-state index in [1.807, 2.05) is 6.07 Å². The molecule has 1 atom stereocenters. The molecule has 2 rings (SSSR count). The minimum atomic E-state index is 0.0853. The largest absolute Gasteiger partial charge is 0.378 e. The molecule has 1 aliphatic rings. The molecular weight excluding hydrogens is 258 g/mol. The summed E-state index contributed by atoms with van der Waals surface area (Å²) in [6.07, 6.45) is 4.80. The number of hydrogen-bond donors (Lipinski definition) is 1. The molecule has 0 bridgehead atoms. The Labute approximate surface area is 119 Å². The third kappa shape index (κ3) is 4.88. The first-order valence-corrected chi connectivity index (χ1v) is 8.12. The van der Waals surface area contributed by atoms with Crippen LogP contribution in [0.2, 0.25) is 0 Å². The Kier molecular flexibility index (Phi) is 5.73. The van der Waals surface area contributed by atoms with Crippen LogP contribution >= 0.6 is 11.8 Å². The molecule has 1 aromatic carbocycles. The van der Waals surface area contributed by atoms with E-state index in [0.717, 1.165) is 30.8 Å². The monoisotopic (exact) mass is 279 g/mol. The van der Waals surface area contributed by atoms with Gasteiger partial charge in [-0.15, -0.1) is 0 Å². The van der Waals surface area contributed by atoms with Gasteiger partial charge in [-0.25, -0.2) is 0 Å². The van der Waals surface area contributed by atoms with Gasteiger partial charge in [0.2, 0.25) is 5.91 Å². The van der Waals surface area contributed by atoms with Gasteiger partial charge in [-0.1, -0.05) is 24.3 Å². The van der Waals surface area contributed by atoms with Crippen LogP contribution in [-0.2, 0) is 21.8 Å². The van der Waals surface area contributed by atoms with E-state index in [-0.39, 0.29) is 12.0 Å². The van der Waals surface area contributed by atoms with Crippen molar-refractivity contribution in [3.63, 3.8) is 0 Å². The Balaban J connectivity index is 1.77. The Hall–Kier alpha value is -1.00. The van der Waals surface area contributed by atoms with Crippen molar-refractivity contribution in [3.05, 3.63) is 35.4 Å². The van der Waals surface area contributed by atoms with Crippen LogP contribution in [0, 0.1) is 0 Å². The van der Waals surface area contributed by atoms with Gasteiger partial charge in [-0.3, -0.25) is 4.79 Å². The first-order valence-electron chi connectivity index (χ1n) is 6.73. The average molecular weight is 279 g/mol. The summed E-state index contributed by atoms with van der Waals surface area (Å²) in [4.78, 5) is 11.8. The van der Waals surface area contributed by atoms with Crippen LogP contribution in [0.25, 0.3) is 0 Å². The van der Waals surface area contributed by atoms with Crippen molar-refractivity contribution in [2.24, 2.45) is 0 Å². The highest BCUT2D eigenvalue weighted by molar-refractivity contribution is 7.97. The van der Waals surface area contributed by atoms with Gasteiger partial charge in [0.05, 0.1) is 12.5 Å². The zero-order valence-corrected chi connectivity index (χ0v) is 12.2. The van der Waals surface area contributed by atoms with Crippen molar-refractivity contribution in [1.82, 2.24) is 5.32 Å². The summed E-state index contributed by atoms with van der Waals surface area (Å²) in [6, 6.07) is 8.38. The van der Waals surface area contributed by atoms with Gasteiger partial charge in [0.1, 0.15) is 0 Å². The van der Waals surface area contributed by atoms with Crippen molar-refractivity contribution in [2.75, 3.05) is 12.9 Å². The number of rotatable bonds is 6. The molecule has 1 heterocycles. The predicted molar refractivity (Wildman–Crippen MR) is 79.1 cm³/mol. The molecule has 1 saturated heterocycles. The van der Waals surface area contributed by atoms with E-state index in [9.17, 15) is 4.79 Å². The number of carbonyl (C=O) groups excluding carboxylic acids is 1. The zero-order valence-electron chi connectivity index (χ0n) is 11.4. The normalized spacial score (nSPS) is 18.5. The van der Waals surface area contributed by atoms with Crippen LogP contribution in [-0.4, -0.2) is 24.9 Å². The van der Waals surface area contributed by atoms with Crippen LogP contribution in [0.15, 0.2) is 24.3 Å². The molecule has 0 saturated carbocycles. The molecule has 1 amide bonds. The Morgan fingerprint density at radius 3 is 3.05 bits per heavy atom. The van der Waals surface area contributed by atoms with Gasteiger partial charge in [-0.05, 0) is 30.2 Å². The van der Waals surface area contributed by atoms with Crippen LogP contribution < -0.4 is 5.32 Å². The Morgan fingerprint density at radius 1 is 1.47 bits per heavy atom. The van der Waals surface area contributed by atoms with Crippen molar-refractivity contribution < 1.29 is 9.53 Å². The number of benzene rings is 1. The summed E-state index contributed by atoms with van der Waals surface area (Å²) in [5.74, 6) is 1.10. The number of ether oxygens (including phenoxy) is 1. The lowest BCUT2D eigenvalue weighted by atomic mass is 10.1. The molecule has 0 unspecified atom stereocenters. The fraction of sp³-hybridized carbons (Fsp3) is 0.533. The number of carbonyl (C=O) groups is 1. The molecule has 0 aromatic heterocycles. The third-order valence-corrected chi connectivity index (χ3v) is 3.85. The second kappa shape index (κ2) is 7.56. The topological polar surface area (TPSA) is 38.3 Å². The highest BCUT2D eigenvalue weighted by atomic mass is 32.2. The molecule has 1 N–H and O–H groups in total. The summed E-state index contributed by atoms with van der Waals surface area (Å²) in [5, 5.41) is 2.97. The number of hydrogen-bond acceptors (Lipinski definition) is 3. The SMILES string of the molecule is CSCc1cccc(CNC(=O)C[C@@H]2CCCO2)c1. The molecule has 1 aromatic rings. The predicted octanol–water partition coefficient (Wildman–Crippen LogP) is 2.73. The molecule has 1 fully saturated rings. The van der Waals surface area contributed by atoms with E-state index in [1.165, 1.54) is 5.56 Å². The smallest absolute Gasteiger partial charge is 0.222 e. The maximum Gasteiger partial charge on any atom is 0.222 e. The Bertz CT molecular complexity index is 416. The summed E-state index contributed by atoms with van der Waals surface area (Å²) in [6.45, 7) is 1.41. The molecule has 104 valence electrons. The molecule has 19 heavy (non-hydrogen) atoms. The number of nitrogens with one attached hydrogen (secondary N) is 1. The fourth-order valence-corrected chi connectivity index (χ4v) is 2.79. The number of amides is 1. The van der Waals surface area contributed by atoms with E-state index < -0.39 is 0 Å². The summed E-state index contributed by atoms with van der Waals surface area (Å²) >= 11 is 1.81. The van der Waals surface area contributed by atoms with Gasteiger partial charge >= 0.3 is 0 Å². The van der Waals surface area contributed by atoms with Gasteiger partial charge in [0, 0.05) is 18.9 Å². The fourth-order valence-electron chi connectivity index (χ4n) is 2.28. The van der Waals surface area contributed by atoms with E-state index in [1.54, 1.807) is 11.8 Å². The molecule has 3 nitrogen and oxygen atoms in total. The summed E-state index contributed by atoms with van der Waals surface area (Å²) in [5.41, 5.74) is 2.46. The molecule has 0 aliphatic carbocycles. The minimum absolute atomic E-state index is 0.0853. The van der Waals surface area contributed by atoms with Crippen LogP contribution in [0.3, 0.4) is 0 Å². The molecular formula is C15H21NO2S. The van der Waals surface area contributed by atoms with Crippen molar-refractivity contribution in [3.8, 4) is 0 Å². The van der Waals surface area contributed by atoms with Gasteiger partial charge < -0.3 is 10.1 Å². The molecule has 0 radical (unpaired) electrons. The van der Waals surface area contributed by atoms with E-state index >= 15 is 0 Å². The highest BCUT2D eigenvalue weighted by Gasteiger charge is 2.18. The zero-order chi connectivity index (χ0) is 13.5. The van der Waals surface area contributed by atoms with Gasteiger partial charge in [0.25, 0.3) is 0 Å². The first-order chi connectivity index (χ1) is 9.28. The van der Waals surface area contributed by atoms with E-state index in [0.29, 0.717) is 13.0 Å². The lowest BCUT2D eigenvalue weighted by molar-refractivity contribution is -0.123. The third-order valence-electron chi connectivity index (χ3n) is 3.23. The molecule has 4 heteroatoms. The lowest BCUT2D eigenvalue weighted by Gasteiger charge is -2.10. The quantitative estimate of drug-likeness (QED) is 0.870. The average Bonchev–Trinajstić information content (AvgIpc) is 2.90. The summed E-state index contributed by atoms with van der Waals surface area (Å²) in [7, 11) is 0. The maximum absolute atomic E-state index is 11.8. The van der Waals surface area contributed by atoms with E-state index in [2.05, 4.69) is 29.8 Å². The van der Waals surface area contributed by atoms with Crippen molar-refractivity contribution in [1.29, 1.82) is 0 Å².